The lowest BCUT2D eigenvalue weighted by Gasteiger charge is -2.46. The standard InChI is InChI=1S/C26H33N7O2/c1-25(2)11-20(12-26(3,4)31-25)33-24-18(13-28-33)9-22(29-30-24)21-8-7-17(10-23(21)35-16-34-6)19-14-27-32(5)15-19/h7-10,13-15,20,31H,11-12,16H2,1-6H3. The SMILES string of the molecule is COCOc1cc(-c2cnn(C)c2)ccc1-c1cc2cnn(C3CC(C)(C)NC(C)(C)C3)c2nn1. The lowest BCUT2D eigenvalue weighted by molar-refractivity contribution is 0.0515. The Balaban J connectivity index is 1.51. The van der Waals surface area contributed by atoms with Crippen molar-refractivity contribution < 1.29 is 9.47 Å². The highest BCUT2D eigenvalue weighted by Gasteiger charge is 2.39. The summed E-state index contributed by atoms with van der Waals surface area (Å²) in [4.78, 5) is 0. The van der Waals surface area contributed by atoms with Crippen molar-refractivity contribution in [3.8, 4) is 28.1 Å². The third-order valence-corrected chi connectivity index (χ3v) is 6.48. The first-order chi connectivity index (χ1) is 16.6. The minimum atomic E-state index is 0.0155. The fraction of sp³-hybridized carbons (Fsp3) is 0.462. The van der Waals surface area contributed by atoms with Gasteiger partial charge in [0.05, 0.1) is 24.1 Å². The lowest BCUT2D eigenvalue weighted by Crippen LogP contribution is -2.58. The molecular weight excluding hydrogens is 442 g/mol. The number of aromatic nitrogens is 6. The molecule has 4 heterocycles. The van der Waals surface area contributed by atoms with Gasteiger partial charge in [-0.2, -0.15) is 10.2 Å². The Morgan fingerprint density at radius 3 is 2.46 bits per heavy atom. The van der Waals surface area contributed by atoms with Gasteiger partial charge in [-0.3, -0.25) is 4.68 Å². The van der Waals surface area contributed by atoms with Crippen LogP contribution in [-0.2, 0) is 11.8 Å². The van der Waals surface area contributed by atoms with E-state index in [4.69, 9.17) is 14.6 Å². The number of hydrogen-bond acceptors (Lipinski definition) is 7. The Kier molecular flexibility index (Phi) is 5.85. The molecule has 3 aromatic heterocycles. The summed E-state index contributed by atoms with van der Waals surface area (Å²) in [5.74, 6) is 0.677. The Hall–Kier alpha value is -3.30. The van der Waals surface area contributed by atoms with Gasteiger partial charge < -0.3 is 14.8 Å². The molecule has 9 heteroatoms. The van der Waals surface area contributed by atoms with Crippen LogP contribution in [0.3, 0.4) is 0 Å². The van der Waals surface area contributed by atoms with Crippen LogP contribution in [0.5, 0.6) is 5.75 Å². The Morgan fingerprint density at radius 1 is 1.00 bits per heavy atom. The fourth-order valence-electron chi connectivity index (χ4n) is 5.42. The maximum absolute atomic E-state index is 5.92. The van der Waals surface area contributed by atoms with Gasteiger partial charge in [0, 0.05) is 47.9 Å². The van der Waals surface area contributed by atoms with Gasteiger partial charge in [0.1, 0.15) is 5.75 Å². The van der Waals surface area contributed by atoms with E-state index in [1.165, 1.54) is 0 Å². The quantitative estimate of drug-likeness (QED) is 0.414. The highest BCUT2D eigenvalue weighted by Crippen LogP contribution is 2.38. The molecule has 1 fully saturated rings. The van der Waals surface area contributed by atoms with Crippen molar-refractivity contribution in [3.05, 3.63) is 42.9 Å². The first-order valence-electron chi connectivity index (χ1n) is 11.9. The predicted octanol–water partition coefficient (Wildman–Crippen LogP) is 4.36. The number of nitrogens with zero attached hydrogens (tertiary/aromatic N) is 6. The van der Waals surface area contributed by atoms with Crippen molar-refractivity contribution in [2.24, 2.45) is 7.05 Å². The maximum atomic E-state index is 5.92. The van der Waals surface area contributed by atoms with Crippen LogP contribution in [0.2, 0.25) is 0 Å². The molecule has 0 spiro atoms. The number of aryl methyl sites for hydroxylation is 1. The summed E-state index contributed by atoms with van der Waals surface area (Å²) < 4.78 is 14.9. The number of benzene rings is 1. The van der Waals surface area contributed by atoms with E-state index in [0.29, 0.717) is 5.75 Å². The third kappa shape index (κ3) is 4.78. The van der Waals surface area contributed by atoms with E-state index < -0.39 is 0 Å². The third-order valence-electron chi connectivity index (χ3n) is 6.48. The van der Waals surface area contributed by atoms with Crippen molar-refractivity contribution in [2.75, 3.05) is 13.9 Å². The van der Waals surface area contributed by atoms with Gasteiger partial charge in [-0.1, -0.05) is 6.07 Å². The van der Waals surface area contributed by atoms with Crippen LogP contribution in [0.25, 0.3) is 33.4 Å². The van der Waals surface area contributed by atoms with Crippen LogP contribution in [0.15, 0.2) is 42.9 Å². The molecule has 0 unspecified atom stereocenters. The van der Waals surface area contributed by atoms with E-state index >= 15 is 0 Å². The highest BCUT2D eigenvalue weighted by atomic mass is 16.7. The van der Waals surface area contributed by atoms with E-state index in [2.05, 4.69) is 48.3 Å². The van der Waals surface area contributed by atoms with Crippen LogP contribution in [0.4, 0.5) is 0 Å². The lowest BCUT2D eigenvalue weighted by atomic mass is 9.79. The number of methoxy groups -OCH3 is 1. The zero-order valence-corrected chi connectivity index (χ0v) is 21.2. The fourth-order valence-corrected chi connectivity index (χ4v) is 5.42. The zero-order valence-electron chi connectivity index (χ0n) is 21.2. The van der Waals surface area contributed by atoms with Gasteiger partial charge in [0.25, 0.3) is 0 Å². The predicted molar refractivity (Wildman–Crippen MR) is 135 cm³/mol. The Labute approximate surface area is 205 Å². The molecule has 5 rings (SSSR count). The molecule has 0 radical (unpaired) electrons. The molecule has 1 N–H and O–H groups in total. The molecule has 0 amide bonds. The second-order valence-electron chi connectivity index (χ2n) is 10.7. The molecule has 0 saturated carbocycles. The largest absolute Gasteiger partial charge is 0.467 e. The van der Waals surface area contributed by atoms with Gasteiger partial charge >= 0.3 is 0 Å². The van der Waals surface area contributed by atoms with Gasteiger partial charge in [-0.25, -0.2) is 4.68 Å². The molecule has 35 heavy (non-hydrogen) atoms. The number of fused-ring (bicyclic) bond motifs is 1. The second-order valence-corrected chi connectivity index (χ2v) is 10.7. The van der Waals surface area contributed by atoms with Gasteiger partial charge in [0.15, 0.2) is 12.4 Å². The number of rotatable bonds is 6. The molecule has 9 nitrogen and oxygen atoms in total. The molecule has 0 bridgehead atoms. The molecule has 0 aliphatic carbocycles. The average Bonchev–Trinajstić information content (AvgIpc) is 3.41. The van der Waals surface area contributed by atoms with Crippen molar-refractivity contribution >= 4 is 11.0 Å². The topological polar surface area (TPSA) is 91.9 Å². The van der Waals surface area contributed by atoms with Crippen molar-refractivity contribution in [3.63, 3.8) is 0 Å². The molecule has 1 aliphatic heterocycles. The van der Waals surface area contributed by atoms with Crippen LogP contribution in [0, 0.1) is 0 Å². The Morgan fingerprint density at radius 2 is 1.77 bits per heavy atom. The number of piperidine rings is 1. The average molecular weight is 476 g/mol. The number of hydrogen-bond donors (Lipinski definition) is 1. The van der Waals surface area contributed by atoms with E-state index in [-0.39, 0.29) is 23.9 Å². The van der Waals surface area contributed by atoms with Crippen molar-refractivity contribution in [2.45, 2.75) is 57.7 Å². The number of nitrogens with one attached hydrogen (secondary N) is 1. The first-order valence-corrected chi connectivity index (χ1v) is 11.9. The molecular formula is C26H33N7O2. The summed E-state index contributed by atoms with van der Waals surface area (Å²) in [7, 11) is 3.51. The van der Waals surface area contributed by atoms with Gasteiger partial charge in [-0.05, 0) is 64.3 Å². The summed E-state index contributed by atoms with van der Waals surface area (Å²) in [6.45, 7) is 9.11. The van der Waals surface area contributed by atoms with Crippen LogP contribution < -0.4 is 10.1 Å². The normalized spacial score (nSPS) is 17.7. The molecule has 1 aliphatic rings. The van der Waals surface area contributed by atoms with E-state index in [1.54, 1.807) is 11.8 Å². The first kappa shape index (κ1) is 23.4. The molecule has 4 aromatic rings. The molecule has 1 saturated heterocycles. The molecule has 1 aromatic carbocycles. The Bertz CT molecular complexity index is 1340. The summed E-state index contributed by atoms with van der Waals surface area (Å²) in [6, 6.07) is 8.31. The summed E-state index contributed by atoms with van der Waals surface area (Å²) in [6.07, 6.45) is 7.63. The van der Waals surface area contributed by atoms with Gasteiger partial charge in [0.2, 0.25) is 0 Å². The van der Waals surface area contributed by atoms with Crippen molar-refractivity contribution in [1.29, 1.82) is 0 Å². The molecule has 0 atom stereocenters. The molecule has 184 valence electrons. The van der Waals surface area contributed by atoms with E-state index in [0.717, 1.165) is 46.3 Å². The van der Waals surface area contributed by atoms with Crippen molar-refractivity contribution in [1.82, 2.24) is 35.1 Å². The number of ether oxygens (including phenoxy) is 2. The second kappa shape index (κ2) is 8.73. The monoisotopic (exact) mass is 475 g/mol. The summed E-state index contributed by atoms with van der Waals surface area (Å²) in [5, 5.41) is 22.9. The summed E-state index contributed by atoms with van der Waals surface area (Å²) in [5.41, 5.74) is 4.43. The van der Waals surface area contributed by atoms with Crippen LogP contribution in [-0.4, -0.2) is 54.7 Å². The zero-order chi connectivity index (χ0) is 24.8. The van der Waals surface area contributed by atoms with Gasteiger partial charge in [-0.15, -0.1) is 10.2 Å². The van der Waals surface area contributed by atoms with E-state index in [9.17, 15) is 0 Å². The minimum Gasteiger partial charge on any atom is -0.467 e. The van der Waals surface area contributed by atoms with E-state index in [1.807, 2.05) is 54.6 Å². The highest BCUT2D eigenvalue weighted by molar-refractivity contribution is 5.81. The maximum Gasteiger partial charge on any atom is 0.188 e. The van der Waals surface area contributed by atoms with Crippen LogP contribution in [0.1, 0.15) is 46.6 Å². The summed E-state index contributed by atoms with van der Waals surface area (Å²) >= 11 is 0. The smallest absolute Gasteiger partial charge is 0.188 e. The minimum absolute atomic E-state index is 0.0155. The van der Waals surface area contributed by atoms with Crippen LogP contribution >= 0.6 is 0 Å².